The van der Waals surface area contributed by atoms with Crippen LogP contribution < -0.4 is 0 Å². The normalized spacial score (nSPS) is 52.9. The molecule has 2 bridgehead atoms. The molecule has 6 atom stereocenters. The topological polar surface area (TPSA) is 20.2 Å². The molecule has 98 valence electrons. The van der Waals surface area contributed by atoms with Gasteiger partial charge in [-0.15, -0.1) is 0 Å². The van der Waals surface area contributed by atoms with Crippen molar-refractivity contribution < 1.29 is 5.11 Å². The molecule has 0 radical (unpaired) electrons. The maximum absolute atomic E-state index is 9.88. The highest BCUT2D eigenvalue weighted by molar-refractivity contribution is 5.05. The van der Waals surface area contributed by atoms with Crippen LogP contribution in [0.25, 0.3) is 0 Å². The third kappa shape index (κ3) is 1.77. The van der Waals surface area contributed by atoms with Crippen molar-refractivity contribution >= 4 is 0 Å². The first-order valence-corrected chi connectivity index (χ1v) is 7.68. The highest BCUT2D eigenvalue weighted by atomic mass is 16.3. The zero-order chi connectivity index (χ0) is 12.2. The third-order valence-electron chi connectivity index (χ3n) is 6.82. The van der Waals surface area contributed by atoms with E-state index in [2.05, 4.69) is 20.8 Å². The fourth-order valence-electron chi connectivity index (χ4n) is 5.34. The molecule has 1 heteroatoms. The minimum Gasteiger partial charge on any atom is -0.393 e. The predicted molar refractivity (Wildman–Crippen MR) is 70.6 cm³/mol. The van der Waals surface area contributed by atoms with Gasteiger partial charge in [-0.1, -0.05) is 27.2 Å². The van der Waals surface area contributed by atoms with Crippen LogP contribution >= 0.6 is 0 Å². The molecule has 3 aliphatic rings. The summed E-state index contributed by atoms with van der Waals surface area (Å²) in [5, 5.41) is 9.88. The van der Waals surface area contributed by atoms with Crippen LogP contribution in [0.1, 0.15) is 59.3 Å². The van der Waals surface area contributed by atoms with Gasteiger partial charge in [0.2, 0.25) is 0 Å². The van der Waals surface area contributed by atoms with Crippen LogP contribution in [-0.4, -0.2) is 11.2 Å². The van der Waals surface area contributed by atoms with E-state index < -0.39 is 0 Å². The molecule has 0 aromatic rings. The number of fused-ring (bicyclic) bond motifs is 2. The Labute approximate surface area is 106 Å². The van der Waals surface area contributed by atoms with Crippen molar-refractivity contribution in [2.45, 2.75) is 65.4 Å². The lowest BCUT2D eigenvalue weighted by Gasteiger charge is -2.44. The zero-order valence-electron chi connectivity index (χ0n) is 11.7. The number of aliphatic hydroxyl groups excluding tert-OH is 1. The average molecular weight is 236 g/mol. The molecule has 3 fully saturated rings. The number of hydrogen-bond donors (Lipinski definition) is 1. The van der Waals surface area contributed by atoms with Crippen LogP contribution in [0.5, 0.6) is 0 Å². The Morgan fingerprint density at radius 3 is 2.29 bits per heavy atom. The first-order chi connectivity index (χ1) is 8.00. The Morgan fingerprint density at radius 1 is 1.00 bits per heavy atom. The van der Waals surface area contributed by atoms with Gasteiger partial charge in [-0.2, -0.15) is 0 Å². The molecule has 0 unspecified atom stereocenters. The monoisotopic (exact) mass is 236 g/mol. The number of aliphatic hydroxyl groups is 1. The minimum absolute atomic E-state index is 0.0104. The van der Waals surface area contributed by atoms with Gasteiger partial charge in [0.15, 0.2) is 0 Å². The molecule has 3 aliphatic carbocycles. The van der Waals surface area contributed by atoms with E-state index in [0.29, 0.717) is 5.41 Å². The smallest absolute Gasteiger partial charge is 0.0543 e. The van der Waals surface area contributed by atoms with Gasteiger partial charge in [-0.05, 0) is 67.1 Å². The van der Waals surface area contributed by atoms with E-state index >= 15 is 0 Å². The van der Waals surface area contributed by atoms with Crippen molar-refractivity contribution in [2.24, 2.45) is 35.0 Å². The van der Waals surface area contributed by atoms with Gasteiger partial charge in [0.1, 0.15) is 0 Å². The van der Waals surface area contributed by atoms with Gasteiger partial charge in [0.05, 0.1) is 6.10 Å². The summed E-state index contributed by atoms with van der Waals surface area (Å²) in [4.78, 5) is 0. The van der Waals surface area contributed by atoms with E-state index in [1.165, 1.54) is 25.7 Å². The van der Waals surface area contributed by atoms with Crippen molar-refractivity contribution in [3.63, 3.8) is 0 Å². The number of rotatable bonds is 1. The van der Waals surface area contributed by atoms with Crippen LogP contribution in [0.3, 0.4) is 0 Å². The maximum atomic E-state index is 9.88. The lowest BCUT2D eigenvalue weighted by Crippen LogP contribution is -2.37. The summed E-state index contributed by atoms with van der Waals surface area (Å²) >= 11 is 0. The van der Waals surface area contributed by atoms with Crippen molar-refractivity contribution in [2.75, 3.05) is 0 Å². The Kier molecular flexibility index (Phi) is 2.81. The lowest BCUT2D eigenvalue weighted by molar-refractivity contribution is 0.0247. The van der Waals surface area contributed by atoms with Crippen LogP contribution in [0.15, 0.2) is 0 Å². The Morgan fingerprint density at radius 2 is 1.71 bits per heavy atom. The van der Waals surface area contributed by atoms with Gasteiger partial charge >= 0.3 is 0 Å². The second-order valence-corrected chi connectivity index (χ2v) is 7.69. The molecule has 0 aliphatic heterocycles. The van der Waals surface area contributed by atoms with E-state index in [-0.39, 0.29) is 6.10 Å². The second kappa shape index (κ2) is 3.98. The first-order valence-electron chi connectivity index (χ1n) is 7.68. The largest absolute Gasteiger partial charge is 0.393 e. The summed E-state index contributed by atoms with van der Waals surface area (Å²) in [5.41, 5.74) is 0.578. The van der Waals surface area contributed by atoms with Crippen LogP contribution in [0, 0.1) is 35.0 Å². The Bertz CT molecular complexity index is 292. The molecular weight excluding hydrogens is 208 g/mol. The summed E-state index contributed by atoms with van der Waals surface area (Å²) in [6, 6.07) is 0. The molecule has 1 nitrogen and oxygen atoms in total. The van der Waals surface area contributed by atoms with E-state index in [9.17, 15) is 5.11 Å². The van der Waals surface area contributed by atoms with Gasteiger partial charge < -0.3 is 5.11 Å². The Hall–Kier alpha value is -0.0400. The quantitative estimate of drug-likeness (QED) is 0.733. The van der Waals surface area contributed by atoms with E-state index in [4.69, 9.17) is 0 Å². The van der Waals surface area contributed by atoms with E-state index in [1.54, 1.807) is 0 Å². The van der Waals surface area contributed by atoms with Gasteiger partial charge in [-0.3, -0.25) is 0 Å². The summed E-state index contributed by atoms with van der Waals surface area (Å²) in [6.45, 7) is 7.44. The van der Waals surface area contributed by atoms with Gasteiger partial charge in [-0.25, -0.2) is 0 Å². The summed E-state index contributed by atoms with van der Waals surface area (Å²) < 4.78 is 0. The molecular formula is C16H28O. The fourth-order valence-corrected chi connectivity index (χ4v) is 5.34. The van der Waals surface area contributed by atoms with Crippen LogP contribution in [0.4, 0.5) is 0 Å². The molecule has 0 aromatic heterocycles. The van der Waals surface area contributed by atoms with Crippen molar-refractivity contribution in [3.8, 4) is 0 Å². The minimum atomic E-state index is 0.0104. The molecule has 0 saturated heterocycles. The summed E-state index contributed by atoms with van der Waals surface area (Å²) in [6.07, 6.45) is 7.75. The van der Waals surface area contributed by atoms with E-state index in [1.807, 2.05) is 0 Å². The Balaban J connectivity index is 1.72. The zero-order valence-corrected chi connectivity index (χ0v) is 11.7. The maximum Gasteiger partial charge on any atom is 0.0543 e. The average Bonchev–Trinajstić information content (AvgIpc) is 2.79. The molecule has 3 rings (SSSR count). The fraction of sp³-hybridized carbons (Fsp3) is 1.00. The third-order valence-corrected chi connectivity index (χ3v) is 6.82. The molecule has 1 N–H and O–H groups in total. The predicted octanol–water partition coefficient (Wildman–Crippen LogP) is 3.86. The summed E-state index contributed by atoms with van der Waals surface area (Å²) in [5.74, 6) is 4.60. The number of hydrogen-bond acceptors (Lipinski definition) is 1. The molecule has 0 spiro atoms. The van der Waals surface area contributed by atoms with Gasteiger partial charge in [0, 0.05) is 0 Å². The van der Waals surface area contributed by atoms with E-state index in [0.717, 1.165) is 42.4 Å². The molecule has 17 heavy (non-hydrogen) atoms. The lowest BCUT2D eigenvalue weighted by atomic mass is 9.62. The van der Waals surface area contributed by atoms with Gasteiger partial charge in [0.25, 0.3) is 0 Å². The molecule has 0 amide bonds. The standard InChI is InChI=1S/C16H28O/c1-10-14-8-12(16(10,2)3)9-15(14)11-5-4-6-13(17)7-11/h10-15,17H,4-9H2,1-3H3/t10-,11+,12+,13+,14+,15-/m1/s1. The molecule has 0 heterocycles. The SMILES string of the molecule is C[C@@H]1[C@@H]2C[C@@H](C[C@@H]2[C@H]2CCC[C@H](O)C2)C1(C)C. The second-order valence-electron chi connectivity index (χ2n) is 7.69. The summed E-state index contributed by atoms with van der Waals surface area (Å²) in [7, 11) is 0. The molecule has 0 aromatic carbocycles. The molecule has 3 saturated carbocycles. The van der Waals surface area contributed by atoms with Crippen LogP contribution in [0.2, 0.25) is 0 Å². The van der Waals surface area contributed by atoms with Crippen LogP contribution in [-0.2, 0) is 0 Å². The first kappa shape index (κ1) is 12.0. The van der Waals surface area contributed by atoms with Crippen molar-refractivity contribution in [1.82, 2.24) is 0 Å². The highest BCUT2D eigenvalue weighted by Gasteiger charge is 2.56. The van der Waals surface area contributed by atoms with Crippen molar-refractivity contribution in [3.05, 3.63) is 0 Å². The highest BCUT2D eigenvalue weighted by Crippen LogP contribution is 2.63. The van der Waals surface area contributed by atoms with Crippen molar-refractivity contribution in [1.29, 1.82) is 0 Å².